The van der Waals surface area contributed by atoms with Crippen LogP contribution in [0, 0.1) is 0 Å². The maximum absolute atomic E-state index is 5.55. The summed E-state index contributed by atoms with van der Waals surface area (Å²) in [7, 11) is 0. The van der Waals surface area contributed by atoms with E-state index >= 15 is 0 Å². The van der Waals surface area contributed by atoms with Crippen molar-refractivity contribution in [3.05, 3.63) is 40.5 Å². The number of halogens is 1. The highest BCUT2D eigenvalue weighted by molar-refractivity contribution is 9.10. The third kappa shape index (κ3) is 3.28. The summed E-state index contributed by atoms with van der Waals surface area (Å²) in [5.74, 6) is 1.29. The van der Waals surface area contributed by atoms with Crippen LogP contribution < -0.4 is 10.5 Å². The number of nitrogens with zero attached hydrogens (tertiary/aromatic N) is 2. The molecule has 90 valence electrons. The van der Waals surface area contributed by atoms with Gasteiger partial charge in [-0.05, 0) is 36.7 Å². The van der Waals surface area contributed by atoms with Crippen LogP contribution in [0.2, 0.25) is 0 Å². The third-order valence-corrected chi connectivity index (χ3v) is 2.98. The van der Waals surface area contributed by atoms with Gasteiger partial charge in [0.2, 0.25) is 12.2 Å². The maximum Gasteiger partial charge on any atom is 0.213 e. The molecule has 0 aliphatic heterocycles. The van der Waals surface area contributed by atoms with Crippen LogP contribution in [0.1, 0.15) is 11.4 Å². The molecule has 0 saturated carbocycles. The van der Waals surface area contributed by atoms with Gasteiger partial charge >= 0.3 is 0 Å². The summed E-state index contributed by atoms with van der Waals surface area (Å²) < 4.78 is 11.2. The Kier molecular flexibility index (Phi) is 4.11. The van der Waals surface area contributed by atoms with Crippen molar-refractivity contribution in [1.29, 1.82) is 0 Å². The molecule has 0 unspecified atom stereocenters. The molecule has 0 bridgehead atoms. The summed E-state index contributed by atoms with van der Waals surface area (Å²) in [6, 6.07) is 5.78. The van der Waals surface area contributed by atoms with Crippen LogP contribution in [0.4, 0.5) is 0 Å². The van der Waals surface area contributed by atoms with E-state index in [4.69, 9.17) is 10.5 Å². The van der Waals surface area contributed by atoms with E-state index in [1.165, 1.54) is 6.39 Å². The highest BCUT2D eigenvalue weighted by atomic mass is 79.9. The van der Waals surface area contributed by atoms with Gasteiger partial charge in [0.05, 0.1) is 0 Å². The van der Waals surface area contributed by atoms with Gasteiger partial charge in [0.1, 0.15) is 5.75 Å². The second kappa shape index (κ2) is 5.79. The SMILES string of the molecule is NCCc1cc(OCc2ncon2)ccc1Br. The molecule has 0 radical (unpaired) electrons. The molecule has 2 aromatic rings. The van der Waals surface area contributed by atoms with E-state index in [-0.39, 0.29) is 0 Å². The Bertz CT molecular complexity index is 474. The lowest BCUT2D eigenvalue weighted by Crippen LogP contribution is -2.04. The van der Waals surface area contributed by atoms with Crippen molar-refractivity contribution in [2.75, 3.05) is 6.54 Å². The molecule has 0 amide bonds. The average molecular weight is 298 g/mol. The molecule has 2 rings (SSSR count). The van der Waals surface area contributed by atoms with E-state index < -0.39 is 0 Å². The molecule has 5 nitrogen and oxygen atoms in total. The number of hydrogen-bond acceptors (Lipinski definition) is 5. The van der Waals surface area contributed by atoms with Gasteiger partial charge in [0.15, 0.2) is 6.61 Å². The summed E-state index contributed by atoms with van der Waals surface area (Å²) in [4.78, 5) is 3.88. The molecule has 0 fully saturated rings. The quantitative estimate of drug-likeness (QED) is 0.912. The summed E-state index contributed by atoms with van der Waals surface area (Å²) in [5.41, 5.74) is 6.66. The fourth-order valence-electron chi connectivity index (χ4n) is 1.39. The normalized spacial score (nSPS) is 10.5. The zero-order chi connectivity index (χ0) is 12.1. The lowest BCUT2D eigenvalue weighted by Gasteiger charge is -2.07. The maximum atomic E-state index is 5.55. The Labute approximate surface area is 107 Å². The first kappa shape index (κ1) is 12.1. The van der Waals surface area contributed by atoms with Crippen molar-refractivity contribution in [3.63, 3.8) is 0 Å². The van der Waals surface area contributed by atoms with E-state index in [2.05, 4.69) is 30.6 Å². The lowest BCUT2D eigenvalue weighted by atomic mass is 10.1. The number of benzene rings is 1. The number of nitrogens with two attached hydrogens (primary N) is 1. The Hall–Kier alpha value is -1.40. The van der Waals surface area contributed by atoms with Crippen LogP contribution in [0.3, 0.4) is 0 Å². The lowest BCUT2D eigenvalue weighted by molar-refractivity contribution is 0.286. The van der Waals surface area contributed by atoms with Gasteiger partial charge in [-0.3, -0.25) is 0 Å². The summed E-state index contributed by atoms with van der Waals surface area (Å²) in [6.07, 6.45) is 2.08. The fraction of sp³-hybridized carbons (Fsp3) is 0.273. The van der Waals surface area contributed by atoms with E-state index in [1.807, 2.05) is 18.2 Å². The first-order valence-electron chi connectivity index (χ1n) is 5.16. The molecule has 0 atom stereocenters. The highest BCUT2D eigenvalue weighted by Gasteiger charge is 2.04. The van der Waals surface area contributed by atoms with Gasteiger partial charge in [-0.25, -0.2) is 0 Å². The van der Waals surface area contributed by atoms with Crippen LogP contribution in [0.25, 0.3) is 0 Å². The first-order valence-corrected chi connectivity index (χ1v) is 5.95. The van der Waals surface area contributed by atoms with Crippen molar-refractivity contribution >= 4 is 15.9 Å². The highest BCUT2D eigenvalue weighted by Crippen LogP contribution is 2.23. The molecule has 2 N–H and O–H groups in total. The van der Waals surface area contributed by atoms with Gasteiger partial charge in [-0.1, -0.05) is 21.1 Å². The zero-order valence-electron chi connectivity index (χ0n) is 9.10. The molecule has 0 aliphatic rings. The second-order valence-corrected chi connectivity index (χ2v) is 4.28. The molecule has 0 saturated heterocycles. The van der Waals surface area contributed by atoms with E-state index in [0.717, 1.165) is 22.2 Å². The number of hydrogen-bond donors (Lipinski definition) is 1. The van der Waals surface area contributed by atoms with E-state index in [1.54, 1.807) is 0 Å². The summed E-state index contributed by atoms with van der Waals surface area (Å²) >= 11 is 3.47. The van der Waals surface area contributed by atoms with Crippen LogP contribution in [-0.4, -0.2) is 16.7 Å². The number of ether oxygens (including phenoxy) is 1. The smallest absolute Gasteiger partial charge is 0.213 e. The van der Waals surface area contributed by atoms with Crippen LogP contribution in [0.15, 0.2) is 33.6 Å². The van der Waals surface area contributed by atoms with Crippen molar-refractivity contribution in [1.82, 2.24) is 10.1 Å². The summed E-state index contributed by atoms with van der Waals surface area (Å²) in [6.45, 7) is 0.896. The van der Waals surface area contributed by atoms with Crippen LogP contribution in [0.5, 0.6) is 5.75 Å². The van der Waals surface area contributed by atoms with Crippen LogP contribution >= 0.6 is 15.9 Å². The monoisotopic (exact) mass is 297 g/mol. The largest absolute Gasteiger partial charge is 0.485 e. The minimum absolute atomic E-state index is 0.292. The molecule has 0 spiro atoms. The average Bonchev–Trinajstić information content (AvgIpc) is 2.83. The number of aromatic nitrogens is 2. The molecule has 17 heavy (non-hydrogen) atoms. The first-order chi connectivity index (χ1) is 8.29. The van der Waals surface area contributed by atoms with Gasteiger partial charge in [-0.15, -0.1) is 0 Å². The number of rotatable bonds is 5. The van der Waals surface area contributed by atoms with Crippen LogP contribution in [-0.2, 0) is 13.0 Å². The Balaban J connectivity index is 2.03. The van der Waals surface area contributed by atoms with Gasteiger partial charge in [-0.2, -0.15) is 4.98 Å². The standard InChI is InChI=1S/C11H12BrN3O2/c12-10-2-1-9(5-8(10)3-4-13)16-6-11-14-7-17-15-11/h1-2,5,7H,3-4,6,13H2. The van der Waals surface area contributed by atoms with Crippen molar-refractivity contribution in [2.24, 2.45) is 5.73 Å². The predicted molar refractivity (Wildman–Crippen MR) is 65.5 cm³/mol. The minimum Gasteiger partial charge on any atom is -0.485 e. The van der Waals surface area contributed by atoms with Gasteiger partial charge < -0.3 is 15.0 Å². The van der Waals surface area contributed by atoms with Crippen molar-refractivity contribution in [3.8, 4) is 5.75 Å². The predicted octanol–water partition coefficient (Wildman–Crippen LogP) is 1.91. The molecular weight excluding hydrogens is 286 g/mol. The molecule has 1 aromatic carbocycles. The van der Waals surface area contributed by atoms with E-state index in [0.29, 0.717) is 19.0 Å². The Morgan fingerprint density at radius 3 is 3.00 bits per heavy atom. The van der Waals surface area contributed by atoms with E-state index in [9.17, 15) is 0 Å². The van der Waals surface area contributed by atoms with Crippen molar-refractivity contribution < 1.29 is 9.26 Å². The fourth-order valence-corrected chi connectivity index (χ4v) is 1.84. The Morgan fingerprint density at radius 2 is 2.29 bits per heavy atom. The molecule has 1 aromatic heterocycles. The molecule has 0 aliphatic carbocycles. The van der Waals surface area contributed by atoms with Gasteiger partial charge in [0.25, 0.3) is 0 Å². The second-order valence-electron chi connectivity index (χ2n) is 3.43. The topological polar surface area (TPSA) is 74.2 Å². The molecule has 1 heterocycles. The minimum atomic E-state index is 0.292. The van der Waals surface area contributed by atoms with Crippen molar-refractivity contribution in [2.45, 2.75) is 13.0 Å². The summed E-state index contributed by atoms with van der Waals surface area (Å²) in [5, 5.41) is 3.67. The van der Waals surface area contributed by atoms with Gasteiger partial charge in [0, 0.05) is 4.47 Å². The zero-order valence-corrected chi connectivity index (χ0v) is 10.7. The Morgan fingerprint density at radius 1 is 1.41 bits per heavy atom. The third-order valence-electron chi connectivity index (χ3n) is 2.21. The molecular formula is C11H12BrN3O2. The molecule has 6 heteroatoms.